The summed E-state index contributed by atoms with van der Waals surface area (Å²) in [5, 5.41) is -2.54. The van der Waals surface area contributed by atoms with Crippen LogP contribution in [0.25, 0.3) is 0 Å². The van der Waals surface area contributed by atoms with Crippen LogP contribution in [0.3, 0.4) is 0 Å². The highest BCUT2D eigenvalue weighted by atomic mass is 35.5. The molecular formula is C11H3ClF18. The van der Waals surface area contributed by atoms with Crippen molar-refractivity contribution in [2.45, 2.75) is 54.1 Å². The fourth-order valence-corrected chi connectivity index (χ4v) is 1.86. The van der Waals surface area contributed by atoms with Crippen LogP contribution < -0.4 is 0 Å². The van der Waals surface area contributed by atoms with Gasteiger partial charge in [-0.1, -0.05) is 11.6 Å². The number of halogens is 19. The van der Waals surface area contributed by atoms with Crippen LogP contribution in [-0.4, -0.2) is 54.1 Å². The molecule has 0 aliphatic rings. The summed E-state index contributed by atoms with van der Waals surface area (Å²) in [6, 6.07) is 0. The fourth-order valence-electron chi connectivity index (χ4n) is 1.71. The van der Waals surface area contributed by atoms with Gasteiger partial charge in [0.15, 0.2) is 0 Å². The lowest BCUT2D eigenvalue weighted by Gasteiger charge is -2.43. The van der Waals surface area contributed by atoms with Gasteiger partial charge in [0.05, 0.1) is 5.03 Å². The summed E-state index contributed by atoms with van der Waals surface area (Å²) in [6.07, 6.45) is -28.8. The smallest absolute Gasteiger partial charge is 0.234 e. The van der Waals surface area contributed by atoms with Crippen molar-refractivity contribution in [3.05, 3.63) is 11.4 Å². The molecule has 0 amide bonds. The van der Waals surface area contributed by atoms with E-state index >= 15 is 0 Å². The summed E-state index contributed by atoms with van der Waals surface area (Å²) < 4.78 is 231. The minimum atomic E-state index is -8.69. The second kappa shape index (κ2) is 7.72. The lowest BCUT2D eigenvalue weighted by atomic mass is 9.85. The zero-order valence-corrected chi connectivity index (χ0v) is 13.7. The first-order valence-corrected chi connectivity index (χ1v) is 6.75. The van der Waals surface area contributed by atoms with Crippen molar-refractivity contribution in [3.63, 3.8) is 0 Å². The topological polar surface area (TPSA) is 0 Å². The number of alkyl halides is 17. The molecular weight excluding hydrogens is 510 g/mol. The van der Waals surface area contributed by atoms with Crippen molar-refractivity contribution < 1.29 is 79.0 Å². The van der Waals surface area contributed by atoms with E-state index in [0.29, 0.717) is 0 Å². The number of hydrogen-bond donors (Lipinski definition) is 0. The fraction of sp³-hybridized carbons (Fsp3) is 0.818. The molecule has 2 unspecified atom stereocenters. The molecule has 0 rings (SSSR count). The maximum absolute atomic E-state index is 13.3. The van der Waals surface area contributed by atoms with Crippen LogP contribution >= 0.6 is 11.6 Å². The maximum atomic E-state index is 13.3. The monoisotopic (exact) mass is 512 g/mol. The first kappa shape index (κ1) is 28.8. The molecule has 0 bridgehead atoms. The summed E-state index contributed by atoms with van der Waals surface area (Å²) in [7, 11) is 0. The predicted molar refractivity (Wildman–Crippen MR) is 60.6 cm³/mol. The van der Waals surface area contributed by atoms with Crippen molar-refractivity contribution in [1.82, 2.24) is 0 Å². The zero-order chi connectivity index (χ0) is 24.9. The van der Waals surface area contributed by atoms with Gasteiger partial charge in [-0.05, 0) is 0 Å². The summed E-state index contributed by atoms with van der Waals surface area (Å²) in [6.45, 7) is 0. The third kappa shape index (κ3) is 3.87. The predicted octanol–water partition coefficient (Wildman–Crippen LogP) is 7.09. The van der Waals surface area contributed by atoms with Gasteiger partial charge in [-0.15, -0.1) is 0 Å². The molecule has 0 radical (unpaired) electrons. The second-order valence-corrected chi connectivity index (χ2v) is 5.76. The van der Waals surface area contributed by atoms with Gasteiger partial charge in [0.2, 0.25) is 12.3 Å². The van der Waals surface area contributed by atoms with Crippen molar-refractivity contribution in [2.75, 3.05) is 0 Å². The number of rotatable bonds is 7. The Hall–Kier alpha value is -1.23. The number of hydrogen-bond acceptors (Lipinski definition) is 0. The molecule has 0 heterocycles. The molecule has 0 aromatic rings. The van der Waals surface area contributed by atoms with Gasteiger partial charge in [0.1, 0.15) is 6.33 Å². The molecule has 0 aliphatic heterocycles. The van der Waals surface area contributed by atoms with Crippen LogP contribution in [0.5, 0.6) is 0 Å². The van der Waals surface area contributed by atoms with Crippen LogP contribution in [0, 0.1) is 0 Å². The molecule has 0 aromatic heterocycles. The Morgan fingerprint density at radius 2 is 0.967 bits per heavy atom. The van der Waals surface area contributed by atoms with Gasteiger partial charge in [-0.25, -0.2) is 17.6 Å². The molecule has 0 nitrogen and oxygen atoms in total. The molecule has 0 N–H and O–H groups in total. The largest absolute Gasteiger partial charge is 0.438 e. The Morgan fingerprint density at radius 1 is 0.633 bits per heavy atom. The number of allylic oxidation sites excluding steroid dienone is 1. The Morgan fingerprint density at radius 3 is 1.23 bits per heavy atom. The Balaban J connectivity index is 6.76. The van der Waals surface area contributed by atoms with E-state index in [-0.39, 0.29) is 0 Å². The molecule has 19 heteroatoms. The van der Waals surface area contributed by atoms with Gasteiger partial charge >= 0.3 is 41.7 Å². The van der Waals surface area contributed by atoms with E-state index in [9.17, 15) is 79.0 Å². The van der Waals surface area contributed by atoms with E-state index in [1.165, 1.54) is 0 Å². The summed E-state index contributed by atoms with van der Waals surface area (Å²) >= 11 is 4.32. The van der Waals surface area contributed by atoms with Crippen LogP contribution in [0.1, 0.15) is 0 Å². The lowest BCUT2D eigenvalue weighted by molar-refractivity contribution is -0.450. The SMILES string of the molecule is FC=C(Cl)C(F)C(F)(F)C(F)C(F)(F)C(F)(F)C(F)(F)C(F)(C(F)(F)F)C(F)(F)F. The van der Waals surface area contributed by atoms with Gasteiger partial charge in [-0.2, -0.15) is 61.5 Å². The van der Waals surface area contributed by atoms with E-state index in [1.54, 1.807) is 0 Å². The molecule has 0 saturated carbocycles. The average Bonchev–Trinajstić information content (AvgIpc) is 2.55. The van der Waals surface area contributed by atoms with Crippen molar-refractivity contribution in [1.29, 1.82) is 0 Å². The van der Waals surface area contributed by atoms with Crippen molar-refractivity contribution in [2.24, 2.45) is 0 Å². The third-order valence-corrected chi connectivity index (χ3v) is 3.64. The minimum Gasteiger partial charge on any atom is -0.234 e. The summed E-state index contributed by atoms with van der Waals surface area (Å²) in [5.74, 6) is -32.0. The molecule has 0 aliphatic carbocycles. The third-order valence-electron chi connectivity index (χ3n) is 3.37. The maximum Gasteiger partial charge on any atom is 0.438 e. The van der Waals surface area contributed by atoms with Crippen LogP contribution in [0.4, 0.5) is 79.0 Å². The molecule has 0 saturated heterocycles. The van der Waals surface area contributed by atoms with Gasteiger partial charge in [0.25, 0.3) is 0 Å². The van der Waals surface area contributed by atoms with Gasteiger partial charge in [0, 0.05) is 0 Å². The van der Waals surface area contributed by atoms with Gasteiger partial charge < -0.3 is 0 Å². The Labute approximate surface area is 157 Å². The lowest BCUT2D eigenvalue weighted by Crippen LogP contribution is -2.75. The molecule has 30 heavy (non-hydrogen) atoms. The van der Waals surface area contributed by atoms with Crippen molar-refractivity contribution in [3.8, 4) is 0 Å². The van der Waals surface area contributed by atoms with E-state index in [0.717, 1.165) is 0 Å². The highest BCUT2D eigenvalue weighted by molar-refractivity contribution is 6.30. The minimum absolute atomic E-state index is 1.39. The molecule has 0 aromatic carbocycles. The van der Waals surface area contributed by atoms with E-state index in [4.69, 9.17) is 0 Å². The first-order chi connectivity index (χ1) is 12.8. The standard InChI is InChI=1S/C11H3ClF18/c12-2(1-13)3(14)5(16,17)4(15)6(18,19)8(21,22)9(23,24)7(20,10(25,26)27)11(28,29)30/h1,3-4H. The summed E-state index contributed by atoms with van der Waals surface area (Å²) in [4.78, 5) is 0. The highest BCUT2D eigenvalue weighted by Gasteiger charge is 2.94. The molecule has 2 atom stereocenters. The molecule has 0 fully saturated rings. The second-order valence-electron chi connectivity index (χ2n) is 5.32. The summed E-state index contributed by atoms with van der Waals surface area (Å²) in [5.41, 5.74) is -8.51. The quantitative estimate of drug-likeness (QED) is 0.320. The normalized spacial score (nSPS) is 18.4. The van der Waals surface area contributed by atoms with Gasteiger partial charge in [-0.3, -0.25) is 0 Å². The molecule has 180 valence electrons. The van der Waals surface area contributed by atoms with E-state index in [2.05, 4.69) is 11.6 Å². The van der Waals surface area contributed by atoms with Crippen LogP contribution in [0.2, 0.25) is 0 Å². The highest BCUT2D eigenvalue weighted by Crippen LogP contribution is 2.63. The Bertz CT molecular complexity index is 627. The van der Waals surface area contributed by atoms with Crippen LogP contribution in [-0.2, 0) is 0 Å². The molecule has 0 spiro atoms. The Kier molecular flexibility index (Phi) is 7.40. The van der Waals surface area contributed by atoms with E-state index < -0.39 is 65.4 Å². The zero-order valence-electron chi connectivity index (χ0n) is 12.9. The van der Waals surface area contributed by atoms with Crippen LogP contribution in [0.15, 0.2) is 11.4 Å². The van der Waals surface area contributed by atoms with Crippen molar-refractivity contribution >= 4 is 11.6 Å². The first-order valence-electron chi connectivity index (χ1n) is 6.37. The average molecular weight is 513 g/mol. The van der Waals surface area contributed by atoms with E-state index in [1.807, 2.05) is 0 Å².